The van der Waals surface area contributed by atoms with Crippen molar-refractivity contribution < 1.29 is 4.79 Å². The molecule has 2 heteroatoms. The first-order valence-corrected chi connectivity index (χ1v) is 9.22. The van der Waals surface area contributed by atoms with E-state index in [4.69, 9.17) is 0 Å². The van der Waals surface area contributed by atoms with Crippen molar-refractivity contribution in [3.63, 3.8) is 0 Å². The van der Waals surface area contributed by atoms with Crippen LogP contribution in [0.4, 0.5) is 0 Å². The molecule has 0 aromatic heterocycles. The second-order valence-corrected chi connectivity index (χ2v) is 7.20. The highest BCUT2D eigenvalue weighted by Gasteiger charge is 2.60. The van der Waals surface area contributed by atoms with Crippen molar-refractivity contribution in [3.05, 3.63) is 71.8 Å². The zero-order valence-electron chi connectivity index (χ0n) is 14.2. The summed E-state index contributed by atoms with van der Waals surface area (Å²) < 4.78 is 0. The summed E-state index contributed by atoms with van der Waals surface area (Å²) in [5.74, 6) is 0.463. The van der Waals surface area contributed by atoms with E-state index in [1.54, 1.807) is 0 Å². The van der Waals surface area contributed by atoms with Crippen molar-refractivity contribution in [2.24, 2.45) is 5.92 Å². The van der Waals surface area contributed by atoms with Gasteiger partial charge in [-0.2, -0.15) is 0 Å². The van der Waals surface area contributed by atoms with E-state index in [9.17, 15) is 4.79 Å². The number of benzene rings is 2. The number of hydrogen-bond acceptors (Lipinski definition) is 1. The third-order valence-corrected chi connectivity index (χ3v) is 5.75. The quantitative estimate of drug-likeness (QED) is 0.821. The Balaban J connectivity index is 1.66. The first kappa shape index (κ1) is 15.4. The van der Waals surface area contributed by atoms with Crippen molar-refractivity contribution in [1.29, 1.82) is 0 Å². The number of amides is 1. The van der Waals surface area contributed by atoms with Gasteiger partial charge in [-0.25, -0.2) is 0 Å². The van der Waals surface area contributed by atoms with E-state index in [2.05, 4.69) is 65.6 Å². The molecule has 1 aliphatic carbocycles. The molecule has 1 saturated heterocycles. The number of carbonyl (C=O) groups is 1. The van der Waals surface area contributed by atoms with Crippen LogP contribution in [0.3, 0.4) is 0 Å². The molecule has 0 unspecified atom stereocenters. The molecule has 24 heavy (non-hydrogen) atoms. The van der Waals surface area contributed by atoms with Gasteiger partial charge in [-0.1, -0.05) is 73.5 Å². The van der Waals surface area contributed by atoms with E-state index >= 15 is 0 Å². The topological polar surface area (TPSA) is 20.3 Å². The summed E-state index contributed by atoms with van der Waals surface area (Å²) in [7, 11) is 0. The molecule has 1 saturated carbocycles. The van der Waals surface area contributed by atoms with Gasteiger partial charge < -0.3 is 4.90 Å². The van der Waals surface area contributed by atoms with E-state index in [1.807, 2.05) is 0 Å². The number of rotatable bonds is 3. The van der Waals surface area contributed by atoms with Crippen LogP contribution in [0.1, 0.15) is 43.2 Å². The highest BCUT2D eigenvalue weighted by Crippen LogP contribution is 2.59. The second-order valence-electron chi connectivity index (χ2n) is 7.20. The van der Waals surface area contributed by atoms with E-state index in [1.165, 1.54) is 24.0 Å². The minimum absolute atomic E-state index is 0.0976. The normalized spacial score (nSPS) is 22.7. The monoisotopic (exact) mass is 319 g/mol. The van der Waals surface area contributed by atoms with Crippen LogP contribution in [0.5, 0.6) is 0 Å². The Morgan fingerprint density at radius 1 is 0.792 bits per heavy atom. The third kappa shape index (κ3) is 2.64. The molecule has 1 atom stereocenters. The first-order valence-electron chi connectivity index (χ1n) is 9.22. The Morgan fingerprint density at radius 2 is 1.29 bits per heavy atom. The largest absolute Gasteiger partial charge is 0.342 e. The highest BCUT2D eigenvalue weighted by molar-refractivity contribution is 5.86. The van der Waals surface area contributed by atoms with Crippen molar-refractivity contribution in [3.8, 4) is 0 Å². The van der Waals surface area contributed by atoms with Gasteiger partial charge in [0.25, 0.3) is 0 Å². The molecule has 2 aromatic carbocycles. The lowest BCUT2D eigenvalue weighted by Gasteiger charge is -2.24. The van der Waals surface area contributed by atoms with Crippen molar-refractivity contribution in [1.82, 2.24) is 4.90 Å². The second kappa shape index (κ2) is 6.43. The minimum Gasteiger partial charge on any atom is -0.342 e. The van der Waals surface area contributed by atoms with Crippen LogP contribution in [0.2, 0.25) is 0 Å². The zero-order valence-corrected chi connectivity index (χ0v) is 14.2. The number of likely N-dealkylation sites (tertiary alicyclic amines) is 1. The van der Waals surface area contributed by atoms with Crippen LogP contribution in [0.25, 0.3) is 0 Å². The van der Waals surface area contributed by atoms with Gasteiger partial charge in [0.1, 0.15) is 0 Å². The molecule has 2 fully saturated rings. The molecule has 0 spiro atoms. The van der Waals surface area contributed by atoms with Crippen LogP contribution in [0, 0.1) is 5.92 Å². The molecule has 1 amide bonds. The maximum absolute atomic E-state index is 13.2. The van der Waals surface area contributed by atoms with E-state index in [-0.39, 0.29) is 11.3 Å². The Bertz CT molecular complexity index is 647. The van der Waals surface area contributed by atoms with Crippen LogP contribution < -0.4 is 0 Å². The number of carbonyl (C=O) groups excluding carboxylic acids is 1. The average Bonchev–Trinajstić information content (AvgIpc) is 3.44. The molecule has 1 heterocycles. The molecule has 0 bridgehead atoms. The summed E-state index contributed by atoms with van der Waals surface area (Å²) in [4.78, 5) is 15.3. The fraction of sp³-hybridized carbons (Fsp3) is 0.409. The van der Waals surface area contributed by atoms with Crippen molar-refractivity contribution >= 4 is 5.91 Å². The van der Waals surface area contributed by atoms with Gasteiger partial charge in [-0.3, -0.25) is 4.79 Å². The lowest BCUT2D eigenvalue weighted by atomic mass is 9.85. The predicted molar refractivity (Wildman–Crippen MR) is 96.8 cm³/mol. The van der Waals surface area contributed by atoms with Gasteiger partial charge in [0.05, 0.1) is 5.92 Å². The van der Waals surface area contributed by atoms with Crippen molar-refractivity contribution in [2.45, 2.75) is 37.5 Å². The lowest BCUT2D eigenvalue weighted by Crippen LogP contribution is -2.35. The smallest absolute Gasteiger partial charge is 0.226 e. The summed E-state index contributed by atoms with van der Waals surface area (Å²) in [5.41, 5.74) is 2.44. The number of nitrogens with zero attached hydrogens (tertiary/aromatic N) is 1. The van der Waals surface area contributed by atoms with Gasteiger partial charge in [-0.05, 0) is 30.4 Å². The first-order chi connectivity index (χ1) is 11.8. The van der Waals surface area contributed by atoms with Crippen LogP contribution in [0.15, 0.2) is 60.7 Å². The highest BCUT2D eigenvalue weighted by atomic mass is 16.2. The molecule has 2 aliphatic rings. The molecule has 4 rings (SSSR count). The van der Waals surface area contributed by atoms with Crippen LogP contribution in [-0.2, 0) is 10.2 Å². The standard InChI is InChI=1S/C22H25NO/c24-21(23-15-9-1-2-10-16-23)20-17-22(20,18-11-5-3-6-12-18)19-13-7-4-8-14-19/h3-8,11-14,20H,1-2,9-10,15-17H2/t20-/m0/s1. The van der Waals surface area contributed by atoms with Gasteiger partial charge in [-0.15, -0.1) is 0 Å². The summed E-state index contributed by atoms with van der Waals surface area (Å²) in [6, 6.07) is 21.2. The third-order valence-electron chi connectivity index (χ3n) is 5.75. The lowest BCUT2D eigenvalue weighted by molar-refractivity contribution is -0.132. The fourth-order valence-corrected chi connectivity index (χ4v) is 4.35. The summed E-state index contributed by atoms with van der Waals surface area (Å²) in [5, 5.41) is 0. The van der Waals surface area contributed by atoms with E-state index in [0.717, 1.165) is 32.4 Å². The van der Waals surface area contributed by atoms with Crippen LogP contribution >= 0.6 is 0 Å². The molecular formula is C22H25NO. The Morgan fingerprint density at radius 3 is 1.79 bits per heavy atom. The minimum atomic E-state index is -0.119. The average molecular weight is 319 g/mol. The molecule has 0 radical (unpaired) electrons. The summed E-state index contributed by atoms with van der Waals surface area (Å²) in [6.07, 6.45) is 5.77. The molecular weight excluding hydrogens is 294 g/mol. The maximum Gasteiger partial charge on any atom is 0.226 e. The Labute approximate surface area is 144 Å². The van der Waals surface area contributed by atoms with Gasteiger partial charge in [0.15, 0.2) is 0 Å². The SMILES string of the molecule is O=C([C@@H]1CC1(c1ccccc1)c1ccccc1)N1CCCCCC1. The summed E-state index contributed by atoms with van der Waals surface area (Å²) in [6.45, 7) is 1.88. The Kier molecular flexibility index (Phi) is 4.13. The molecule has 1 aliphatic heterocycles. The molecule has 124 valence electrons. The predicted octanol–water partition coefficient (Wildman–Crippen LogP) is 4.40. The maximum atomic E-state index is 13.2. The molecule has 2 nitrogen and oxygen atoms in total. The Hall–Kier alpha value is -2.09. The van der Waals surface area contributed by atoms with Gasteiger partial charge >= 0.3 is 0 Å². The number of hydrogen-bond donors (Lipinski definition) is 0. The fourth-order valence-electron chi connectivity index (χ4n) is 4.35. The van der Waals surface area contributed by atoms with Gasteiger partial charge in [0.2, 0.25) is 5.91 Å². The van der Waals surface area contributed by atoms with Crippen molar-refractivity contribution in [2.75, 3.05) is 13.1 Å². The van der Waals surface area contributed by atoms with Crippen LogP contribution in [-0.4, -0.2) is 23.9 Å². The van der Waals surface area contributed by atoms with E-state index < -0.39 is 0 Å². The van der Waals surface area contributed by atoms with Gasteiger partial charge in [0, 0.05) is 18.5 Å². The van der Waals surface area contributed by atoms with E-state index in [0.29, 0.717) is 5.91 Å². The molecule has 2 aromatic rings. The summed E-state index contributed by atoms with van der Waals surface area (Å²) >= 11 is 0. The molecule has 0 N–H and O–H groups in total. The zero-order chi connectivity index (χ0) is 16.4.